The molecule has 1 nitrogen and oxygen atoms in total. The van der Waals surface area contributed by atoms with E-state index >= 15 is 0 Å². The largest absolute Gasteiger partial charge is 0.417 e. The molecule has 21 heavy (non-hydrogen) atoms. The molecule has 0 bridgehead atoms. The van der Waals surface area contributed by atoms with Crippen LogP contribution in [0.3, 0.4) is 0 Å². The predicted molar refractivity (Wildman–Crippen MR) is 83.4 cm³/mol. The number of hydrogen-bond donors (Lipinski definition) is 1. The number of nitrogens with one attached hydrogen (secondary N) is 1. The molecule has 1 aromatic rings. The van der Waals surface area contributed by atoms with E-state index in [9.17, 15) is 13.2 Å². The molecule has 1 N–H and O–H groups in total. The van der Waals surface area contributed by atoms with E-state index < -0.39 is 11.7 Å². The monoisotopic (exact) mass is 363 g/mol. The first-order chi connectivity index (χ1) is 9.77. The summed E-state index contributed by atoms with van der Waals surface area (Å²) in [6, 6.07) is 4.64. The van der Waals surface area contributed by atoms with Crippen LogP contribution in [-0.4, -0.2) is 6.04 Å². The minimum atomic E-state index is -4.33. The third kappa shape index (κ3) is 4.38. The molecule has 2 rings (SSSR count). The zero-order chi connectivity index (χ0) is 15.6. The summed E-state index contributed by atoms with van der Waals surface area (Å²) in [5.41, 5.74) is -0.0677. The Bertz CT molecular complexity index is 477. The van der Waals surface area contributed by atoms with Crippen molar-refractivity contribution in [3.63, 3.8) is 0 Å². The number of rotatable bonds is 3. The van der Waals surface area contributed by atoms with E-state index in [0.717, 1.165) is 31.6 Å². The Morgan fingerprint density at radius 1 is 1.14 bits per heavy atom. The highest BCUT2D eigenvalue weighted by molar-refractivity contribution is 9.10. The Morgan fingerprint density at radius 2 is 1.76 bits per heavy atom. The molecule has 0 aliphatic heterocycles. The maximum absolute atomic E-state index is 12.9. The number of anilines is 1. The topological polar surface area (TPSA) is 12.0 Å². The van der Waals surface area contributed by atoms with Crippen molar-refractivity contribution in [1.29, 1.82) is 0 Å². The highest BCUT2D eigenvalue weighted by Crippen LogP contribution is 2.37. The number of benzene rings is 1. The normalized spacial score (nSPS) is 23.4. The summed E-state index contributed by atoms with van der Waals surface area (Å²) in [5.74, 6) is 1.44. The van der Waals surface area contributed by atoms with Gasteiger partial charge >= 0.3 is 6.18 Å². The lowest BCUT2D eigenvalue weighted by molar-refractivity contribution is -0.138. The van der Waals surface area contributed by atoms with Crippen LogP contribution in [0.5, 0.6) is 0 Å². The van der Waals surface area contributed by atoms with Gasteiger partial charge in [-0.1, -0.05) is 29.8 Å². The summed E-state index contributed by atoms with van der Waals surface area (Å²) in [7, 11) is 0. The molecule has 1 fully saturated rings. The first-order valence-electron chi connectivity index (χ1n) is 7.40. The number of hydrogen-bond acceptors (Lipinski definition) is 1. The smallest absolute Gasteiger partial charge is 0.382 e. The third-order valence-corrected chi connectivity index (χ3v) is 5.05. The standard InChI is InChI=1S/C16H21BrF3N/c1-10(2)11-3-5-12(6-4-11)21-13-7-8-15(17)14(9-13)16(18,19)20/h7-12,21H,3-6H2,1-2H3. The van der Waals surface area contributed by atoms with Crippen LogP contribution >= 0.6 is 15.9 Å². The van der Waals surface area contributed by atoms with Crippen LogP contribution in [0.4, 0.5) is 18.9 Å². The van der Waals surface area contributed by atoms with Crippen LogP contribution in [0.2, 0.25) is 0 Å². The molecule has 0 amide bonds. The summed E-state index contributed by atoms with van der Waals surface area (Å²) >= 11 is 2.97. The molecule has 0 unspecified atom stereocenters. The van der Waals surface area contributed by atoms with E-state index in [1.165, 1.54) is 12.1 Å². The lowest BCUT2D eigenvalue weighted by Gasteiger charge is -2.32. The van der Waals surface area contributed by atoms with Crippen LogP contribution in [-0.2, 0) is 6.18 Å². The Hall–Kier alpha value is -0.710. The molecule has 0 saturated heterocycles. The number of alkyl halides is 3. The van der Waals surface area contributed by atoms with Gasteiger partial charge in [-0.15, -0.1) is 0 Å². The molecular formula is C16H21BrF3N. The van der Waals surface area contributed by atoms with E-state index in [-0.39, 0.29) is 10.5 Å². The van der Waals surface area contributed by atoms with Gasteiger partial charge in [0.15, 0.2) is 0 Å². The molecule has 0 spiro atoms. The van der Waals surface area contributed by atoms with Crippen molar-refractivity contribution in [2.45, 2.75) is 51.7 Å². The summed E-state index contributed by atoms with van der Waals surface area (Å²) in [5, 5.41) is 3.26. The average Bonchev–Trinajstić information content (AvgIpc) is 2.40. The Morgan fingerprint density at radius 3 is 2.29 bits per heavy atom. The van der Waals surface area contributed by atoms with E-state index in [1.54, 1.807) is 6.07 Å². The Labute approximate surface area is 132 Å². The van der Waals surface area contributed by atoms with Gasteiger partial charge < -0.3 is 5.32 Å². The number of halogens is 4. The summed E-state index contributed by atoms with van der Waals surface area (Å²) in [4.78, 5) is 0. The van der Waals surface area contributed by atoms with Crippen LogP contribution in [0.25, 0.3) is 0 Å². The zero-order valence-corrected chi connectivity index (χ0v) is 13.9. The lowest BCUT2D eigenvalue weighted by Crippen LogP contribution is -2.28. The SMILES string of the molecule is CC(C)C1CCC(Nc2ccc(Br)c(C(F)(F)F)c2)CC1. The van der Waals surface area contributed by atoms with Crippen LogP contribution in [0.15, 0.2) is 22.7 Å². The lowest BCUT2D eigenvalue weighted by atomic mass is 9.79. The van der Waals surface area contributed by atoms with Gasteiger partial charge in [0, 0.05) is 16.2 Å². The van der Waals surface area contributed by atoms with Gasteiger partial charge in [0.2, 0.25) is 0 Å². The van der Waals surface area contributed by atoms with Gasteiger partial charge in [-0.25, -0.2) is 0 Å². The van der Waals surface area contributed by atoms with Crippen molar-refractivity contribution >= 4 is 21.6 Å². The Balaban J connectivity index is 2.01. The molecule has 0 radical (unpaired) electrons. The predicted octanol–water partition coefficient (Wildman–Crippen LogP) is 6.09. The molecule has 1 saturated carbocycles. The van der Waals surface area contributed by atoms with E-state index in [2.05, 4.69) is 35.1 Å². The van der Waals surface area contributed by atoms with Gasteiger partial charge in [-0.3, -0.25) is 0 Å². The van der Waals surface area contributed by atoms with E-state index in [4.69, 9.17) is 0 Å². The highest BCUT2D eigenvalue weighted by atomic mass is 79.9. The summed E-state index contributed by atoms with van der Waals surface area (Å²) in [6.45, 7) is 4.48. The maximum atomic E-state index is 12.9. The van der Waals surface area contributed by atoms with Crippen molar-refractivity contribution in [3.05, 3.63) is 28.2 Å². The summed E-state index contributed by atoms with van der Waals surface area (Å²) in [6.07, 6.45) is 0.0301. The quantitative estimate of drug-likeness (QED) is 0.684. The van der Waals surface area contributed by atoms with Gasteiger partial charge in [0.05, 0.1) is 5.56 Å². The van der Waals surface area contributed by atoms with Gasteiger partial charge in [-0.2, -0.15) is 13.2 Å². The van der Waals surface area contributed by atoms with E-state index in [0.29, 0.717) is 11.6 Å². The molecule has 1 aromatic carbocycles. The molecule has 118 valence electrons. The Kier molecular flexibility index (Phi) is 5.23. The fourth-order valence-electron chi connectivity index (χ4n) is 3.00. The molecule has 1 aliphatic rings. The van der Waals surface area contributed by atoms with Crippen LogP contribution in [0.1, 0.15) is 45.1 Å². The molecule has 5 heteroatoms. The van der Waals surface area contributed by atoms with Crippen molar-refractivity contribution in [1.82, 2.24) is 0 Å². The van der Waals surface area contributed by atoms with Crippen molar-refractivity contribution in [2.75, 3.05) is 5.32 Å². The molecule has 0 atom stereocenters. The van der Waals surface area contributed by atoms with Crippen LogP contribution in [0, 0.1) is 11.8 Å². The third-order valence-electron chi connectivity index (χ3n) is 4.36. The highest BCUT2D eigenvalue weighted by Gasteiger charge is 2.33. The van der Waals surface area contributed by atoms with Crippen molar-refractivity contribution in [2.24, 2.45) is 11.8 Å². The second kappa shape index (κ2) is 6.59. The molecule has 0 aromatic heterocycles. The fourth-order valence-corrected chi connectivity index (χ4v) is 3.47. The molecule has 1 aliphatic carbocycles. The van der Waals surface area contributed by atoms with Crippen LogP contribution < -0.4 is 5.32 Å². The van der Waals surface area contributed by atoms with Gasteiger partial charge in [0.1, 0.15) is 0 Å². The van der Waals surface area contributed by atoms with Crippen molar-refractivity contribution in [3.8, 4) is 0 Å². The molecular weight excluding hydrogens is 343 g/mol. The minimum Gasteiger partial charge on any atom is -0.382 e. The fraction of sp³-hybridized carbons (Fsp3) is 0.625. The average molecular weight is 364 g/mol. The second-order valence-electron chi connectivity index (χ2n) is 6.19. The zero-order valence-electron chi connectivity index (χ0n) is 12.3. The van der Waals surface area contributed by atoms with Crippen molar-refractivity contribution < 1.29 is 13.2 Å². The van der Waals surface area contributed by atoms with Gasteiger partial charge in [-0.05, 0) is 55.7 Å². The summed E-state index contributed by atoms with van der Waals surface area (Å²) < 4.78 is 38.8. The molecule has 0 heterocycles. The first-order valence-corrected chi connectivity index (χ1v) is 8.20. The second-order valence-corrected chi connectivity index (χ2v) is 7.05. The first kappa shape index (κ1) is 16.7. The van der Waals surface area contributed by atoms with Gasteiger partial charge in [0.25, 0.3) is 0 Å². The van der Waals surface area contributed by atoms with E-state index in [1.807, 2.05) is 0 Å². The maximum Gasteiger partial charge on any atom is 0.417 e. The minimum absolute atomic E-state index is 0.0871.